The van der Waals surface area contributed by atoms with Gasteiger partial charge < -0.3 is 15.0 Å². The summed E-state index contributed by atoms with van der Waals surface area (Å²) in [4.78, 5) is 28.3. The summed E-state index contributed by atoms with van der Waals surface area (Å²) in [7, 11) is -2.19. The first kappa shape index (κ1) is 30.2. The minimum Gasteiger partial charge on any atom is -0.497 e. The molecule has 2 rings (SSSR count). The first-order valence-corrected chi connectivity index (χ1v) is 14.5. The van der Waals surface area contributed by atoms with Gasteiger partial charge in [0.2, 0.25) is 21.8 Å². The highest BCUT2D eigenvalue weighted by molar-refractivity contribution is 7.92. The van der Waals surface area contributed by atoms with Gasteiger partial charge in [0.05, 0.1) is 19.1 Å². The number of carbonyl (C=O) groups excluding carboxylic acids is 2. The summed E-state index contributed by atoms with van der Waals surface area (Å²) in [5, 5.41) is 2.92. The average Bonchev–Trinajstić information content (AvgIpc) is 2.85. The lowest BCUT2D eigenvalue weighted by Crippen LogP contribution is -2.52. The summed E-state index contributed by atoms with van der Waals surface area (Å²) in [5.74, 6) is 0.501. The van der Waals surface area contributed by atoms with Crippen molar-refractivity contribution in [2.24, 2.45) is 5.92 Å². The van der Waals surface area contributed by atoms with E-state index in [1.54, 1.807) is 31.4 Å². The van der Waals surface area contributed by atoms with Crippen molar-refractivity contribution in [1.82, 2.24) is 10.2 Å². The minimum atomic E-state index is -3.77. The lowest BCUT2D eigenvalue weighted by molar-refractivity contribution is -0.140. The van der Waals surface area contributed by atoms with E-state index in [-0.39, 0.29) is 24.3 Å². The second-order valence-corrected chi connectivity index (χ2v) is 11.9. The standard InChI is InChI=1S/C28H41N3O5S/c1-8-26(28(33)29-17-20(2)3)30(18-22-9-15-25(36-6)16-10-22)27(32)19-31(37(7,34)35)24-13-11-23(12-14-24)21(4)5/h9-16,20-21,26H,8,17-19H2,1-7H3,(H,29,33)/t26-/m0/s1. The molecule has 0 bridgehead atoms. The smallest absolute Gasteiger partial charge is 0.244 e. The number of sulfonamides is 1. The SMILES string of the molecule is CC[C@@H](C(=O)NCC(C)C)N(Cc1ccc(OC)cc1)C(=O)CN(c1ccc(C(C)C)cc1)S(C)(=O)=O. The van der Waals surface area contributed by atoms with Crippen molar-refractivity contribution in [1.29, 1.82) is 0 Å². The number of nitrogens with one attached hydrogen (secondary N) is 1. The molecule has 0 saturated carbocycles. The molecule has 0 aromatic heterocycles. The van der Waals surface area contributed by atoms with Crippen LogP contribution >= 0.6 is 0 Å². The monoisotopic (exact) mass is 531 g/mol. The van der Waals surface area contributed by atoms with Crippen LogP contribution in [0.5, 0.6) is 5.75 Å². The highest BCUT2D eigenvalue weighted by Crippen LogP contribution is 2.23. The van der Waals surface area contributed by atoms with E-state index in [4.69, 9.17) is 4.74 Å². The molecule has 8 nitrogen and oxygen atoms in total. The fourth-order valence-electron chi connectivity index (χ4n) is 3.91. The highest BCUT2D eigenvalue weighted by Gasteiger charge is 2.31. The molecule has 9 heteroatoms. The third kappa shape index (κ3) is 8.77. The third-order valence-electron chi connectivity index (χ3n) is 6.11. The van der Waals surface area contributed by atoms with Crippen molar-refractivity contribution in [3.8, 4) is 5.75 Å². The van der Waals surface area contributed by atoms with Crippen LogP contribution in [-0.4, -0.2) is 57.6 Å². The summed E-state index contributed by atoms with van der Waals surface area (Å²) in [6.07, 6.45) is 1.46. The second kappa shape index (κ2) is 13.5. The Balaban J connectivity index is 2.41. The van der Waals surface area contributed by atoms with E-state index in [1.165, 1.54) is 4.90 Å². The van der Waals surface area contributed by atoms with Crippen molar-refractivity contribution in [3.05, 3.63) is 59.7 Å². The molecule has 0 saturated heterocycles. The van der Waals surface area contributed by atoms with E-state index in [0.29, 0.717) is 24.4 Å². The molecule has 0 aliphatic carbocycles. The number of methoxy groups -OCH3 is 1. The van der Waals surface area contributed by atoms with Crippen molar-refractivity contribution in [2.75, 3.05) is 30.8 Å². The Labute approximate surface area is 222 Å². The first-order chi connectivity index (χ1) is 17.4. The van der Waals surface area contributed by atoms with Crippen LogP contribution in [0.25, 0.3) is 0 Å². The molecule has 0 heterocycles. The summed E-state index contributed by atoms with van der Waals surface area (Å²) in [6, 6.07) is 13.6. The molecule has 37 heavy (non-hydrogen) atoms. The zero-order valence-electron chi connectivity index (χ0n) is 23.0. The van der Waals surface area contributed by atoms with Gasteiger partial charge >= 0.3 is 0 Å². The topological polar surface area (TPSA) is 96.0 Å². The molecule has 0 unspecified atom stereocenters. The van der Waals surface area contributed by atoms with Crippen LogP contribution < -0.4 is 14.4 Å². The number of nitrogens with zero attached hydrogens (tertiary/aromatic N) is 2. The second-order valence-electron chi connectivity index (χ2n) is 9.95. The Morgan fingerprint density at radius 2 is 1.57 bits per heavy atom. The minimum absolute atomic E-state index is 0.153. The van der Waals surface area contributed by atoms with Crippen molar-refractivity contribution >= 4 is 27.5 Å². The molecule has 2 amide bonds. The van der Waals surface area contributed by atoms with Gasteiger partial charge in [0.25, 0.3) is 0 Å². The lowest BCUT2D eigenvalue weighted by atomic mass is 10.0. The highest BCUT2D eigenvalue weighted by atomic mass is 32.2. The van der Waals surface area contributed by atoms with Crippen LogP contribution in [0.1, 0.15) is 58.1 Å². The molecule has 0 radical (unpaired) electrons. The molecule has 2 aromatic carbocycles. The van der Waals surface area contributed by atoms with E-state index < -0.39 is 28.5 Å². The van der Waals surface area contributed by atoms with Gasteiger partial charge in [-0.1, -0.05) is 58.9 Å². The number of rotatable bonds is 13. The van der Waals surface area contributed by atoms with Crippen LogP contribution in [0.4, 0.5) is 5.69 Å². The van der Waals surface area contributed by atoms with Crippen LogP contribution in [-0.2, 0) is 26.2 Å². The van der Waals surface area contributed by atoms with Crippen LogP contribution in [0.2, 0.25) is 0 Å². The number of carbonyl (C=O) groups is 2. The fraction of sp³-hybridized carbons (Fsp3) is 0.500. The maximum absolute atomic E-state index is 13.7. The number of benzene rings is 2. The van der Waals surface area contributed by atoms with E-state index in [9.17, 15) is 18.0 Å². The van der Waals surface area contributed by atoms with E-state index in [0.717, 1.165) is 21.7 Å². The summed E-state index contributed by atoms with van der Waals surface area (Å²) in [6.45, 7) is 10.2. The zero-order valence-corrected chi connectivity index (χ0v) is 23.8. The Kier molecular flexibility index (Phi) is 11.0. The maximum Gasteiger partial charge on any atom is 0.244 e. The molecular formula is C28H41N3O5S. The predicted molar refractivity (Wildman–Crippen MR) is 148 cm³/mol. The maximum atomic E-state index is 13.7. The van der Waals surface area contributed by atoms with Crippen molar-refractivity contribution in [2.45, 2.75) is 59.5 Å². The Bertz CT molecular complexity index is 1130. The number of anilines is 1. The van der Waals surface area contributed by atoms with Gasteiger partial charge in [0, 0.05) is 13.1 Å². The summed E-state index contributed by atoms with van der Waals surface area (Å²) >= 11 is 0. The van der Waals surface area contributed by atoms with Gasteiger partial charge in [-0.15, -0.1) is 0 Å². The molecule has 1 atom stereocenters. The van der Waals surface area contributed by atoms with E-state index in [2.05, 4.69) is 19.2 Å². The van der Waals surface area contributed by atoms with Crippen LogP contribution in [0, 0.1) is 5.92 Å². The fourth-order valence-corrected chi connectivity index (χ4v) is 4.76. The number of hydrogen-bond acceptors (Lipinski definition) is 5. The summed E-state index contributed by atoms with van der Waals surface area (Å²) < 4.78 is 31.8. The quantitative estimate of drug-likeness (QED) is 0.419. The Hall–Kier alpha value is -3.07. The van der Waals surface area contributed by atoms with Crippen LogP contribution in [0.3, 0.4) is 0 Å². The van der Waals surface area contributed by atoms with Gasteiger partial charge in [0.15, 0.2) is 0 Å². The molecular weight excluding hydrogens is 490 g/mol. The zero-order chi connectivity index (χ0) is 27.8. The van der Waals surface area contributed by atoms with E-state index in [1.807, 2.05) is 45.0 Å². The van der Waals surface area contributed by atoms with Gasteiger partial charge in [-0.3, -0.25) is 13.9 Å². The Morgan fingerprint density at radius 3 is 2.03 bits per heavy atom. The van der Waals surface area contributed by atoms with Gasteiger partial charge in [-0.25, -0.2) is 8.42 Å². The first-order valence-electron chi connectivity index (χ1n) is 12.6. The normalized spacial score (nSPS) is 12.4. The van der Waals surface area contributed by atoms with Gasteiger partial charge in [0.1, 0.15) is 18.3 Å². The van der Waals surface area contributed by atoms with Crippen LogP contribution in [0.15, 0.2) is 48.5 Å². The molecule has 0 spiro atoms. The number of ether oxygens (including phenoxy) is 1. The molecule has 1 N–H and O–H groups in total. The number of hydrogen-bond donors (Lipinski definition) is 1. The van der Waals surface area contributed by atoms with E-state index >= 15 is 0 Å². The molecule has 0 aliphatic heterocycles. The van der Waals surface area contributed by atoms with Gasteiger partial charge in [-0.05, 0) is 53.6 Å². The molecule has 0 fully saturated rings. The average molecular weight is 532 g/mol. The molecule has 2 aromatic rings. The summed E-state index contributed by atoms with van der Waals surface area (Å²) in [5.41, 5.74) is 2.27. The van der Waals surface area contributed by atoms with Crippen molar-refractivity contribution in [3.63, 3.8) is 0 Å². The Morgan fingerprint density at radius 1 is 0.973 bits per heavy atom. The van der Waals surface area contributed by atoms with Crippen molar-refractivity contribution < 1.29 is 22.7 Å². The number of amides is 2. The lowest BCUT2D eigenvalue weighted by Gasteiger charge is -2.33. The van der Waals surface area contributed by atoms with Gasteiger partial charge in [-0.2, -0.15) is 0 Å². The molecule has 204 valence electrons. The molecule has 0 aliphatic rings. The largest absolute Gasteiger partial charge is 0.497 e. The predicted octanol–water partition coefficient (Wildman–Crippen LogP) is 4.16. The third-order valence-corrected chi connectivity index (χ3v) is 7.25.